The molecule has 0 aromatic heterocycles. The van der Waals surface area contributed by atoms with Gasteiger partial charge in [-0.25, -0.2) is 21.1 Å². The summed E-state index contributed by atoms with van der Waals surface area (Å²) in [5, 5.41) is 0. The SMILES string of the molecule is Cc1ccc(NS(=O)(=O)c2c(C)c(C)cc(C)c2C)cc1S(=O)(=O)N(C)C. The molecule has 0 heterocycles. The molecule has 0 atom stereocenters. The number of aryl methyl sites for hydroxylation is 3. The molecule has 0 aliphatic rings. The van der Waals surface area contributed by atoms with Crippen LogP contribution in [0.1, 0.15) is 27.8 Å². The van der Waals surface area contributed by atoms with Crippen molar-refractivity contribution in [1.82, 2.24) is 4.31 Å². The molecule has 0 saturated carbocycles. The van der Waals surface area contributed by atoms with Crippen LogP contribution in [0.3, 0.4) is 0 Å². The van der Waals surface area contributed by atoms with Gasteiger partial charge in [0.05, 0.1) is 15.5 Å². The van der Waals surface area contributed by atoms with Crippen LogP contribution in [-0.2, 0) is 20.0 Å². The number of nitrogens with zero attached hydrogens (tertiary/aromatic N) is 1. The highest BCUT2D eigenvalue weighted by molar-refractivity contribution is 7.92. The minimum atomic E-state index is -3.87. The van der Waals surface area contributed by atoms with Crippen LogP contribution >= 0.6 is 0 Å². The van der Waals surface area contributed by atoms with Gasteiger partial charge in [0, 0.05) is 14.1 Å². The topological polar surface area (TPSA) is 83.5 Å². The van der Waals surface area contributed by atoms with Crippen LogP contribution in [0.5, 0.6) is 0 Å². The Hall–Kier alpha value is -1.90. The first-order valence-electron chi connectivity index (χ1n) is 8.42. The average molecular weight is 411 g/mol. The van der Waals surface area contributed by atoms with E-state index in [0.29, 0.717) is 16.7 Å². The molecule has 0 saturated heterocycles. The van der Waals surface area contributed by atoms with E-state index in [0.717, 1.165) is 15.4 Å². The molecule has 0 amide bonds. The zero-order valence-electron chi connectivity index (χ0n) is 16.7. The molecule has 0 bridgehead atoms. The zero-order valence-corrected chi connectivity index (χ0v) is 18.3. The average Bonchev–Trinajstić information content (AvgIpc) is 2.54. The largest absolute Gasteiger partial charge is 0.280 e. The monoisotopic (exact) mass is 410 g/mol. The first-order valence-corrected chi connectivity index (χ1v) is 11.3. The molecular weight excluding hydrogens is 384 g/mol. The van der Waals surface area contributed by atoms with E-state index in [-0.39, 0.29) is 15.5 Å². The van der Waals surface area contributed by atoms with Crippen LogP contribution in [0.15, 0.2) is 34.1 Å². The minimum absolute atomic E-state index is 0.0709. The van der Waals surface area contributed by atoms with Gasteiger partial charge in [0.15, 0.2) is 0 Å². The van der Waals surface area contributed by atoms with Gasteiger partial charge in [-0.3, -0.25) is 4.72 Å². The minimum Gasteiger partial charge on any atom is -0.280 e. The second-order valence-electron chi connectivity index (χ2n) is 6.96. The van der Waals surface area contributed by atoms with Crippen LogP contribution in [0.2, 0.25) is 0 Å². The second kappa shape index (κ2) is 7.26. The summed E-state index contributed by atoms with van der Waals surface area (Å²) in [6.45, 7) is 8.95. The summed E-state index contributed by atoms with van der Waals surface area (Å²) in [5.41, 5.74) is 3.89. The molecule has 0 unspecified atom stereocenters. The smallest absolute Gasteiger partial charge is 0.262 e. The zero-order chi connectivity index (χ0) is 20.7. The van der Waals surface area contributed by atoms with Gasteiger partial charge in [0.25, 0.3) is 10.0 Å². The van der Waals surface area contributed by atoms with Crippen molar-refractivity contribution in [3.05, 3.63) is 52.1 Å². The quantitative estimate of drug-likeness (QED) is 0.820. The maximum absolute atomic E-state index is 13.1. The third kappa shape index (κ3) is 4.02. The van der Waals surface area contributed by atoms with Gasteiger partial charge < -0.3 is 0 Å². The molecule has 8 heteroatoms. The molecule has 0 aliphatic carbocycles. The van der Waals surface area contributed by atoms with E-state index in [1.807, 2.05) is 19.9 Å². The summed E-state index contributed by atoms with van der Waals surface area (Å²) < 4.78 is 54.7. The van der Waals surface area contributed by atoms with E-state index in [1.165, 1.54) is 20.2 Å². The number of anilines is 1. The van der Waals surface area contributed by atoms with E-state index >= 15 is 0 Å². The van der Waals surface area contributed by atoms with Crippen molar-refractivity contribution in [3.8, 4) is 0 Å². The predicted octanol–water partition coefficient (Wildman–Crippen LogP) is 3.28. The summed E-state index contributed by atoms with van der Waals surface area (Å²) in [6, 6.07) is 6.47. The Morgan fingerprint density at radius 2 is 1.30 bits per heavy atom. The standard InChI is InChI=1S/C19H26N2O4S2/c1-12-8-9-17(11-18(12)27(24,25)21(6)7)20-26(22,23)19-15(4)13(2)10-14(3)16(19)5/h8-11,20H,1-7H3. The summed E-state index contributed by atoms with van der Waals surface area (Å²) in [5.74, 6) is 0. The Labute approximate surface area is 162 Å². The lowest BCUT2D eigenvalue weighted by atomic mass is 10.0. The molecule has 27 heavy (non-hydrogen) atoms. The maximum Gasteiger partial charge on any atom is 0.262 e. The lowest BCUT2D eigenvalue weighted by Crippen LogP contribution is -2.23. The first kappa shape index (κ1) is 21.4. The van der Waals surface area contributed by atoms with Gasteiger partial charge in [-0.15, -0.1) is 0 Å². The van der Waals surface area contributed by atoms with Gasteiger partial charge in [-0.2, -0.15) is 0 Å². The third-order valence-electron chi connectivity index (χ3n) is 4.76. The van der Waals surface area contributed by atoms with E-state index in [4.69, 9.17) is 0 Å². The van der Waals surface area contributed by atoms with Crippen molar-refractivity contribution < 1.29 is 16.8 Å². The summed E-state index contributed by atoms with van der Waals surface area (Å²) in [4.78, 5) is 0.305. The van der Waals surface area contributed by atoms with Crippen LogP contribution in [0, 0.1) is 34.6 Å². The molecule has 0 aliphatic heterocycles. The molecule has 0 radical (unpaired) electrons. The van der Waals surface area contributed by atoms with Crippen LogP contribution < -0.4 is 4.72 Å². The molecule has 2 aromatic carbocycles. The number of hydrogen-bond donors (Lipinski definition) is 1. The molecular formula is C19H26N2O4S2. The van der Waals surface area contributed by atoms with Gasteiger partial charge in [0.2, 0.25) is 10.0 Å². The normalized spacial score (nSPS) is 12.4. The van der Waals surface area contributed by atoms with E-state index in [1.54, 1.807) is 32.9 Å². The first-order chi connectivity index (χ1) is 12.3. The Balaban J connectivity index is 2.59. The molecule has 6 nitrogen and oxygen atoms in total. The van der Waals surface area contributed by atoms with Crippen molar-refractivity contribution in [2.24, 2.45) is 0 Å². The van der Waals surface area contributed by atoms with Crippen molar-refractivity contribution in [1.29, 1.82) is 0 Å². The van der Waals surface area contributed by atoms with Crippen molar-refractivity contribution in [3.63, 3.8) is 0 Å². The fourth-order valence-electron chi connectivity index (χ4n) is 2.93. The number of benzene rings is 2. The molecule has 148 valence electrons. The van der Waals surface area contributed by atoms with Gasteiger partial charge in [-0.1, -0.05) is 12.1 Å². The van der Waals surface area contributed by atoms with Gasteiger partial charge >= 0.3 is 0 Å². The van der Waals surface area contributed by atoms with Gasteiger partial charge in [0.1, 0.15) is 0 Å². The van der Waals surface area contributed by atoms with Crippen LogP contribution in [0.25, 0.3) is 0 Å². The lowest BCUT2D eigenvalue weighted by molar-refractivity contribution is 0.520. The van der Waals surface area contributed by atoms with Crippen LogP contribution in [-0.4, -0.2) is 35.2 Å². The molecule has 0 fully saturated rings. The van der Waals surface area contributed by atoms with Crippen molar-refractivity contribution in [2.45, 2.75) is 44.4 Å². The Morgan fingerprint density at radius 3 is 1.78 bits per heavy atom. The van der Waals surface area contributed by atoms with E-state index in [2.05, 4.69) is 4.72 Å². The fraction of sp³-hybridized carbons (Fsp3) is 0.368. The lowest BCUT2D eigenvalue weighted by Gasteiger charge is -2.18. The van der Waals surface area contributed by atoms with Gasteiger partial charge in [-0.05, 0) is 74.6 Å². The summed E-state index contributed by atoms with van der Waals surface area (Å²) in [6.07, 6.45) is 0. The number of hydrogen-bond acceptors (Lipinski definition) is 4. The predicted molar refractivity (Wildman–Crippen MR) is 108 cm³/mol. The highest BCUT2D eigenvalue weighted by atomic mass is 32.2. The van der Waals surface area contributed by atoms with Crippen molar-refractivity contribution >= 4 is 25.7 Å². The Kier molecular flexibility index (Phi) is 5.75. The molecule has 0 spiro atoms. The molecule has 1 N–H and O–H groups in total. The Morgan fingerprint density at radius 1 is 0.778 bits per heavy atom. The number of rotatable bonds is 5. The summed E-state index contributed by atoms with van der Waals surface area (Å²) >= 11 is 0. The highest BCUT2D eigenvalue weighted by Crippen LogP contribution is 2.29. The molecule has 2 aromatic rings. The van der Waals surface area contributed by atoms with Crippen LogP contribution in [0.4, 0.5) is 5.69 Å². The maximum atomic E-state index is 13.1. The van der Waals surface area contributed by atoms with E-state index in [9.17, 15) is 16.8 Å². The van der Waals surface area contributed by atoms with Crippen molar-refractivity contribution in [2.75, 3.05) is 18.8 Å². The number of nitrogens with one attached hydrogen (secondary N) is 1. The summed E-state index contributed by atoms with van der Waals surface area (Å²) in [7, 11) is -4.68. The second-order valence-corrected chi connectivity index (χ2v) is 10.7. The third-order valence-corrected chi connectivity index (χ3v) is 8.38. The fourth-order valence-corrected chi connectivity index (χ4v) is 5.74. The Bertz CT molecular complexity index is 1080. The highest BCUT2D eigenvalue weighted by Gasteiger charge is 2.24. The molecule has 2 rings (SSSR count). The number of sulfonamides is 2. The van der Waals surface area contributed by atoms with E-state index < -0.39 is 20.0 Å².